The van der Waals surface area contributed by atoms with Crippen LogP contribution in [0.2, 0.25) is 0 Å². The van der Waals surface area contributed by atoms with Crippen LogP contribution in [-0.2, 0) is 9.53 Å². The molecule has 1 aliphatic heterocycles. The van der Waals surface area contributed by atoms with E-state index in [1.165, 1.54) is 0 Å². The lowest BCUT2D eigenvalue weighted by Gasteiger charge is -2.20. The van der Waals surface area contributed by atoms with Gasteiger partial charge in [-0.15, -0.1) is 0 Å². The molecule has 1 rings (SSSR count). The van der Waals surface area contributed by atoms with Gasteiger partial charge in [0.15, 0.2) is 0 Å². The van der Waals surface area contributed by atoms with E-state index >= 15 is 0 Å². The minimum absolute atomic E-state index is 0.300. The quantitative estimate of drug-likeness (QED) is 0.665. The molecule has 1 saturated heterocycles. The Morgan fingerprint density at radius 3 is 2.71 bits per heavy atom. The highest BCUT2D eigenvalue weighted by molar-refractivity contribution is 5.77. The molecule has 0 aromatic carbocycles. The van der Waals surface area contributed by atoms with E-state index in [2.05, 4.69) is 0 Å². The van der Waals surface area contributed by atoms with Crippen LogP contribution < -0.4 is 0 Å². The second-order valence-corrected chi connectivity index (χ2v) is 4.31. The maximum Gasteiger partial charge on any atom is 0.326 e. The Bertz CT molecular complexity index is 196. The molecular formula is C10H19NO3. The Labute approximate surface area is 84.8 Å². The van der Waals surface area contributed by atoms with Crippen molar-refractivity contribution in [3.05, 3.63) is 0 Å². The van der Waals surface area contributed by atoms with E-state index in [0.29, 0.717) is 18.9 Å². The Balaban J connectivity index is 2.43. The summed E-state index contributed by atoms with van der Waals surface area (Å²) >= 11 is 0. The highest BCUT2D eigenvalue weighted by atomic mass is 16.5. The molecule has 1 fully saturated rings. The van der Waals surface area contributed by atoms with Gasteiger partial charge >= 0.3 is 5.97 Å². The molecule has 1 N–H and O–H groups in total. The van der Waals surface area contributed by atoms with Gasteiger partial charge in [0.1, 0.15) is 6.04 Å². The molecule has 14 heavy (non-hydrogen) atoms. The molecule has 0 bridgehead atoms. The summed E-state index contributed by atoms with van der Waals surface area (Å²) in [5, 5.41) is 9.55. The fourth-order valence-electron chi connectivity index (χ4n) is 1.60. The molecule has 4 nitrogen and oxygen atoms in total. The lowest BCUT2D eigenvalue weighted by Crippen LogP contribution is -2.41. The lowest BCUT2D eigenvalue weighted by molar-refractivity contribution is -0.152. The number of carbonyl (C=O) groups is 1. The SMILES string of the molecule is CC(C)COC(=O)[C@@H]1[C@@H](O)CCN1C. The maximum atomic E-state index is 11.5. The van der Waals surface area contributed by atoms with Gasteiger partial charge in [-0.05, 0) is 19.4 Å². The van der Waals surface area contributed by atoms with Crippen LogP contribution in [0.4, 0.5) is 0 Å². The first kappa shape index (κ1) is 11.5. The average Bonchev–Trinajstić information content (AvgIpc) is 2.42. The lowest BCUT2D eigenvalue weighted by atomic mass is 10.2. The molecule has 0 aliphatic carbocycles. The predicted octanol–water partition coefficient (Wildman–Crippen LogP) is 0.251. The number of carbonyl (C=O) groups excluding carboxylic acids is 1. The molecule has 82 valence electrons. The van der Waals surface area contributed by atoms with E-state index in [9.17, 15) is 9.90 Å². The van der Waals surface area contributed by atoms with E-state index in [-0.39, 0.29) is 5.97 Å². The third-order valence-corrected chi connectivity index (χ3v) is 2.42. The van der Waals surface area contributed by atoms with Gasteiger partial charge in [-0.2, -0.15) is 0 Å². The van der Waals surface area contributed by atoms with Crippen LogP contribution in [0.15, 0.2) is 0 Å². The molecule has 0 aromatic rings. The molecule has 0 saturated carbocycles. The van der Waals surface area contributed by atoms with Crippen molar-refractivity contribution in [1.82, 2.24) is 4.90 Å². The standard InChI is InChI=1S/C10H19NO3/c1-7(2)6-14-10(13)9-8(12)4-5-11(9)3/h7-9,12H,4-6H2,1-3H3/t8-,9-/m0/s1. The topological polar surface area (TPSA) is 49.8 Å². The summed E-state index contributed by atoms with van der Waals surface area (Å²) in [7, 11) is 1.83. The number of likely N-dealkylation sites (N-methyl/N-ethyl adjacent to an activating group) is 1. The van der Waals surface area contributed by atoms with Crippen molar-refractivity contribution in [3.63, 3.8) is 0 Å². The molecule has 1 aliphatic rings. The van der Waals surface area contributed by atoms with Gasteiger partial charge in [0, 0.05) is 6.54 Å². The zero-order valence-electron chi connectivity index (χ0n) is 9.06. The van der Waals surface area contributed by atoms with Gasteiger partial charge in [0.05, 0.1) is 12.7 Å². The molecule has 0 aromatic heterocycles. The predicted molar refractivity (Wildman–Crippen MR) is 52.8 cm³/mol. The van der Waals surface area contributed by atoms with Gasteiger partial charge in [-0.25, -0.2) is 0 Å². The Morgan fingerprint density at radius 2 is 2.29 bits per heavy atom. The summed E-state index contributed by atoms with van der Waals surface area (Å²) in [5.74, 6) is 0.0361. The first-order chi connectivity index (χ1) is 6.52. The van der Waals surface area contributed by atoms with Gasteiger partial charge in [-0.1, -0.05) is 13.8 Å². The summed E-state index contributed by atoms with van der Waals surface area (Å²) < 4.78 is 5.09. The first-order valence-corrected chi connectivity index (χ1v) is 5.07. The highest BCUT2D eigenvalue weighted by Crippen LogP contribution is 2.17. The van der Waals surface area contributed by atoms with Crippen LogP contribution in [0, 0.1) is 5.92 Å². The summed E-state index contributed by atoms with van der Waals surface area (Å²) in [5.41, 5.74) is 0. The monoisotopic (exact) mass is 201 g/mol. The summed E-state index contributed by atoms with van der Waals surface area (Å²) in [6.07, 6.45) is 0.0810. The minimum atomic E-state index is -0.570. The number of esters is 1. The number of aliphatic hydroxyl groups excluding tert-OH is 1. The molecule has 0 unspecified atom stereocenters. The largest absolute Gasteiger partial charge is 0.464 e. The van der Waals surface area contributed by atoms with Gasteiger partial charge < -0.3 is 9.84 Å². The highest BCUT2D eigenvalue weighted by Gasteiger charge is 2.37. The van der Waals surface area contributed by atoms with Crippen LogP contribution in [0.5, 0.6) is 0 Å². The van der Waals surface area contributed by atoms with Crippen molar-refractivity contribution in [3.8, 4) is 0 Å². The van der Waals surface area contributed by atoms with Gasteiger partial charge in [0.25, 0.3) is 0 Å². The van der Waals surface area contributed by atoms with Crippen molar-refractivity contribution in [1.29, 1.82) is 0 Å². The van der Waals surface area contributed by atoms with Crippen LogP contribution >= 0.6 is 0 Å². The molecule has 4 heteroatoms. The number of hydrogen-bond donors (Lipinski definition) is 1. The maximum absolute atomic E-state index is 11.5. The Morgan fingerprint density at radius 1 is 1.64 bits per heavy atom. The van der Waals surface area contributed by atoms with E-state index in [4.69, 9.17) is 4.74 Å². The van der Waals surface area contributed by atoms with Crippen LogP contribution in [-0.4, -0.2) is 48.3 Å². The Hall–Kier alpha value is -0.610. The molecule has 2 atom stereocenters. The van der Waals surface area contributed by atoms with Crippen LogP contribution in [0.3, 0.4) is 0 Å². The van der Waals surface area contributed by atoms with Crippen LogP contribution in [0.1, 0.15) is 20.3 Å². The summed E-state index contributed by atoms with van der Waals surface area (Å²) in [6, 6.07) is -0.464. The third-order valence-electron chi connectivity index (χ3n) is 2.42. The molecule has 0 radical (unpaired) electrons. The molecule has 0 amide bonds. The zero-order valence-corrected chi connectivity index (χ0v) is 9.06. The van der Waals surface area contributed by atoms with Crippen molar-refractivity contribution in [2.24, 2.45) is 5.92 Å². The zero-order chi connectivity index (χ0) is 10.7. The number of aliphatic hydroxyl groups is 1. The average molecular weight is 201 g/mol. The number of rotatable bonds is 3. The smallest absolute Gasteiger partial charge is 0.326 e. The van der Waals surface area contributed by atoms with Crippen molar-refractivity contribution >= 4 is 5.97 Å². The van der Waals surface area contributed by atoms with Crippen molar-refractivity contribution < 1.29 is 14.6 Å². The number of likely N-dealkylation sites (tertiary alicyclic amines) is 1. The third kappa shape index (κ3) is 2.69. The summed E-state index contributed by atoms with van der Waals surface area (Å²) in [4.78, 5) is 13.4. The molecule has 1 heterocycles. The summed E-state index contributed by atoms with van der Waals surface area (Å²) in [6.45, 7) is 5.16. The fraction of sp³-hybridized carbons (Fsp3) is 0.900. The van der Waals surface area contributed by atoms with E-state index in [1.54, 1.807) is 0 Å². The normalized spacial score (nSPS) is 28.4. The van der Waals surface area contributed by atoms with E-state index in [1.807, 2.05) is 25.8 Å². The van der Waals surface area contributed by atoms with Crippen LogP contribution in [0.25, 0.3) is 0 Å². The van der Waals surface area contributed by atoms with Crippen molar-refractivity contribution in [2.75, 3.05) is 20.2 Å². The number of hydrogen-bond acceptors (Lipinski definition) is 4. The minimum Gasteiger partial charge on any atom is -0.464 e. The van der Waals surface area contributed by atoms with Gasteiger partial charge in [-0.3, -0.25) is 9.69 Å². The van der Waals surface area contributed by atoms with E-state index < -0.39 is 12.1 Å². The second-order valence-electron chi connectivity index (χ2n) is 4.31. The first-order valence-electron chi connectivity index (χ1n) is 5.07. The second kappa shape index (κ2) is 4.75. The van der Waals surface area contributed by atoms with Gasteiger partial charge in [0.2, 0.25) is 0 Å². The number of nitrogens with zero attached hydrogens (tertiary/aromatic N) is 1. The fourth-order valence-corrected chi connectivity index (χ4v) is 1.60. The molecule has 0 spiro atoms. The van der Waals surface area contributed by atoms with Crippen molar-refractivity contribution in [2.45, 2.75) is 32.4 Å². The Kier molecular flexibility index (Phi) is 3.89. The molecular weight excluding hydrogens is 182 g/mol. The number of ether oxygens (including phenoxy) is 1. The van der Waals surface area contributed by atoms with E-state index in [0.717, 1.165) is 6.54 Å².